The summed E-state index contributed by atoms with van der Waals surface area (Å²) in [6.07, 6.45) is -2.22. The Balaban J connectivity index is 1.65. The Morgan fingerprint density at radius 3 is 2.53 bits per heavy atom. The summed E-state index contributed by atoms with van der Waals surface area (Å²) in [4.78, 5) is 14.8. The minimum Gasteiger partial charge on any atom is -0.394 e. The minimum atomic E-state index is -1.24. The Morgan fingerprint density at radius 1 is 1.13 bits per heavy atom. The number of aliphatic hydroxyl groups is 4. The van der Waals surface area contributed by atoms with Crippen LogP contribution in [-0.4, -0.2) is 78.0 Å². The van der Waals surface area contributed by atoms with E-state index >= 15 is 0 Å². The molecule has 1 fully saturated rings. The quantitative estimate of drug-likeness (QED) is 0.438. The van der Waals surface area contributed by atoms with Crippen LogP contribution in [0.5, 0.6) is 0 Å². The SMILES string of the molecule is C[C@H]([C@H](O)c1ccccc1)N(C)c1ncnc2c1ncn2[C@@H]1O[C@H](CO)[C@H](O)C1O. The first kappa shape index (κ1) is 20.6. The normalized spacial score (nSPS) is 26.1. The van der Waals surface area contributed by atoms with Crippen LogP contribution in [0.15, 0.2) is 43.0 Å². The van der Waals surface area contributed by atoms with Gasteiger partial charge in [-0.25, -0.2) is 15.0 Å². The van der Waals surface area contributed by atoms with Gasteiger partial charge < -0.3 is 30.1 Å². The summed E-state index contributed by atoms with van der Waals surface area (Å²) in [7, 11) is 1.81. The van der Waals surface area contributed by atoms with Crippen LogP contribution in [0.1, 0.15) is 24.8 Å². The first-order chi connectivity index (χ1) is 14.4. The van der Waals surface area contributed by atoms with Crippen LogP contribution in [0.4, 0.5) is 5.82 Å². The number of likely N-dealkylation sites (N-methyl/N-ethyl adjacent to an activating group) is 1. The van der Waals surface area contributed by atoms with E-state index in [0.717, 1.165) is 5.56 Å². The molecular weight excluding hydrogens is 390 g/mol. The second-order valence-corrected chi connectivity index (χ2v) is 7.46. The van der Waals surface area contributed by atoms with Gasteiger partial charge in [0.05, 0.1) is 25.1 Å². The van der Waals surface area contributed by atoms with Crippen molar-refractivity contribution in [3.8, 4) is 0 Å². The number of ether oxygens (including phenoxy) is 1. The van der Waals surface area contributed by atoms with Gasteiger partial charge in [-0.1, -0.05) is 30.3 Å². The molecule has 6 atom stereocenters. The molecule has 160 valence electrons. The molecule has 10 nitrogen and oxygen atoms in total. The fraction of sp³-hybridized carbons (Fsp3) is 0.450. The van der Waals surface area contributed by atoms with Crippen LogP contribution in [0.2, 0.25) is 0 Å². The summed E-state index contributed by atoms with van der Waals surface area (Å²) >= 11 is 0. The highest BCUT2D eigenvalue weighted by atomic mass is 16.6. The maximum atomic E-state index is 10.8. The number of imidazole rings is 1. The number of nitrogens with zero attached hydrogens (tertiary/aromatic N) is 5. The van der Waals surface area contributed by atoms with E-state index in [-0.39, 0.29) is 6.04 Å². The highest BCUT2D eigenvalue weighted by molar-refractivity contribution is 5.83. The van der Waals surface area contributed by atoms with E-state index < -0.39 is 37.3 Å². The number of benzene rings is 1. The van der Waals surface area contributed by atoms with Crippen LogP contribution in [0.25, 0.3) is 11.2 Å². The van der Waals surface area contributed by atoms with E-state index in [0.29, 0.717) is 17.0 Å². The average molecular weight is 415 g/mol. The van der Waals surface area contributed by atoms with Crippen molar-refractivity contribution in [1.29, 1.82) is 0 Å². The summed E-state index contributed by atoms with van der Waals surface area (Å²) in [5, 5.41) is 40.5. The van der Waals surface area contributed by atoms with Gasteiger partial charge in [-0.05, 0) is 12.5 Å². The lowest BCUT2D eigenvalue weighted by Gasteiger charge is -2.30. The molecule has 1 aromatic carbocycles. The Hall–Kier alpha value is -2.63. The van der Waals surface area contributed by atoms with E-state index in [2.05, 4.69) is 15.0 Å². The van der Waals surface area contributed by atoms with Gasteiger partial charge in [-0.2, -0.15) is 0 Å². The molecule has 1 unspecified atom stereocenters. The molecule has 3 aromatic rings. The Kier molecular flexibility index (Phi) is 5.67. The zero-order chi connectivity index (χ0) is 21.4. The Labute approximate surface area is 173 Å². The molecular formula is C20H25N5O5. The fourth-order valence-corrected chi connectivity index (χ4v) is 3.73. The third kappa shape index (κ3) is 3.42. The molecule has 10 heteroatoms. The standard InChI is InChI=1S/C20H25N5O5/c1-11(15(27)12-6-4-3-5-7-12)24(2)18-14-19(22-9-21-18)25(10-23-14)20-17(29)16(28)13(8-26)30-20/h3-7,9-11,13,15-17,20,26-29H,8H2,1-2H3/t11-,13-,15+,16+,17?,20-/m1/s1. The molecule has 1 aliphatic heterocycles. The van der Waals surface area contributed by atoms with Crippen molar-refractivity contribution >= 4 is 17.0 Å². The molecule has 4 N–H and O–H groups in total. The highest BCUT2D eigenvalue weighted by Gasteiger charge is 2.44. The maximum Gasteiger partial charge on any atom is 0.167 e. The summed E-state index contributed by atoms with van der Waals surface area (Å²) in [6, 6.07) is 9.04. The molecule has 4 rings (SSSR count). The molecule has 0 amide bonds. The topological polar surface area (TPSA) is 137 Å². The minimum absolute atomic E-state index is 0.315. The van der Waals surface area contributed by atoms with Crippen molar-refractivity contribution in [2.24, 2.45) is 0 Å². The number of rotatable bonds is 6. The third-order valence-corrected chi connectivity index (χ3v) is 5.67. The van der Waals surface area contributed by atoms with Crippen LogP contribution in [0.3, 0.4) is 0 Å². The number of aromatic nitrogens is 4. The lowest BCUT2D eigenvalue weighted by molar-refractivity contribution is -0.0511. The molecule has 0 spiro atoms. The van der Waals surface area contributed by atoms with Crippen molar-refractivity contribution in [3.63, 3.8) is 0 Å². The number of aliphatic hydroxyl groups excluding tert-OH is 4. The molecule has 2 aromatic heterocycles. The first-order valence-corrected chi connectivity index (χ1v) is 9.69. The van der Waals surface area contributed by atoms with Crippen molar-refractivity contribution in [3.05, 3.63) is 48.5 Å². The van der Waals surface area contributed by atoms with Gasteiger partial charge in [0, 0.05) is 7.05 Å². The van der Waals surface area contributed by atoms with Gasteiger partial charge >= 0.3 is 0 Å². The smallest absolute Gasteiger partial charge is 0.167 e. The molecule has 3 heterocycles. The summed E-state index contributed by atoms with van der Waals surface area (Å²) in [5.41, 5.74) is 1.66. The van der Waals surface area contributed by atoms with Gasteiger partial charge in [0.15, 0.2) is 23.2 Å². The van der Waals surface area contributed by atoms with Gasteiger partial charge in [0.25, 0.3) is 0 Å². The third-order valence-electron chi connectivity index (χ3n) is 5.67. The predicted octanol–water partition coefficient (Wildman–Crippen LogP) is -0.00390. The Morgan fingerprint density at radius 2 is 1.87 bits per heavy atom. The predicted molar refractivity (Wildman–Crippen MR) is 108 cm³/mol. The van der Waals surface area contributed by atoms with Crippen molar-refractivity contribution in [2.75, 3.05) is 18.6 Å². The number of hydrogen-bond donors (Lipinski definition) is 4. The first-order valence-electron chi connectivity index (χ1n) is 9.69. The van der Waals surface area contributed by atoms with Crippen LogP contribution in [0, 0.1) is 0 Å². The molecule has 1 aliphatic rings. The van der Waals surface area contributed by atoms with E-state index in [9.17, 15) is 20.4 Å². The van der Waals surface area contributed by atoms with E-state index in [4.69, 9.17) is 4.74 Å². The largest absolute Gasteiger partial charge is 0.394 e. The van der Waals surface area contributed by atoms with Crippen LogP contribution >= 0.6 is 0 Å². The number of fused-ring (bicyclic) bond motifs is 1. The highest BCUT2D eigenvalue weighted by Crippen LogP contribution is 2.33. The van der Waals surface area contributed by atoms with Crippen molar-refractivity contribution in [1.82, 2.24) is 19.5 Å². The van der Waals surface area contributed by atoms with E-state index in [1.54, 1.807) is 0 Å². The van der Waals surface area contributed by atoms with E-state index in [1.807, 2.05) is 49.2 Å². The zero-order valence-electron chi connectivity index (χ0n) is 16.6. The zero-order valence-corrected chi connectivity index (χ0v) is 16.6. The maximum absolute atomic E-state index is 10.8. The van der Waals surface area contributed by atoms with Crippen molar-refractivity contribution < 1.29 is 25.2 Å². The lowest BCUT2D eigenvalue weighted by atomic mass is 10.0. The monoisotopic (exact) mass is 415 g/mol. The summed E-state index contributed by atoms with van der Waals surface area (Å²) in [5.74, 6) is 0.507. The Bertz CT molecular complexity index is 1000. The van der Waals surface area contributed by atoms with Gasteiger partial charge in [0.1, 0.15) is 24.6 Å². The van der Waals surface area contributed by atoms with Gasteiger partial charge in [-0.3, -0.25) is 4.57 Å². The lowest BCUT2D eigenvalue weighted by Crippen LogP contribution is -2.35. The molecule has 0 radical (unpaired) electrons. The number of hydrogen-bond acceptors (Lipinski definition) is 9. The molecule has 0 bridgehead atoms. The second-order valence-electron chi connectivity index (χ2n) is 7.46. The molecule has 1 saturated heterocycles. The molecule has 30 heavy (non-hydrogen) atoms. The fourth-order valence-electron chi connectivity index (χ4n) is 3.73. The number of anilines is 1. The van der Waals surface area contributed by atoms with Crippen molar-refractivity contribution in [2.45, 2.75) is 43.6 Å². The second kappa shape index (κ2) is 8.25. The van der Waals surface area contributed by atoms with E-state index in [1.165, 1.54) is 17.2 Å². The van der Waals surface area contributed by atoms with Gasteiger partial charge in [0.2, 0.25) is 0 Å². The van der Waals surface area contributed by atoms with Gasteiger partial charge in [-0.15, -0.1) is 0 Å². The average Bonchev–Trinajstić information content (AvgIpc) is 3.33. The summed E-state index contributed by atoms with van der Waals surface area (Å²) < 4.78 is 7.10. The summed E-state index contributed by atoms with van der Waals surface area (Å²) in [6.45, 7) is 1.47. The van der Waals surface area contributed by atoms with Crippen LogP contribution in [-0.2, 0) is 4.74 Å². The molecule has 0 aliphatic carbocycles. The van der Waals surface area contributed by atoms with Crippen LogP contribution < -0.4 is 4.90 Å². The molecule has 0 saturated carbocycles.